The molecule has 0 saturated carbocycles. The highest BCUT2D eigenvalue weighted by molar-refractivity contribution is 8.02. The van der Waals surface area contributed by atoms with Crippen molar-refractivity contribution < 1.29 is 24.2 Å². The second kappa shape index (κ2) is 10.3. The third-order valence-corrected chi connectivity index (χ3v) is 9.52. The fourth-order valence-electron chi connectivity index (χ4n) is 6.02. The molecule has 186 valence electrons. The molecule has 3 aliphatic rings. The van der Waals surface area contributed by atoms with Gasteiger partial charge in [-0.3, -0.25) is 14.4 Å². The van der Waals surface area contributed by atoms with Gasteiger partial charge in [-0.25, -0.2) is 0 Å². The van der Waals surface area contributed by atoms with Gasteiger partial charge in [0.1, 0.15) is 6.04 Å². The molecule has 2 N–H and O–H groups in total. The minimum Gasteiger partial charge on any atom is -0.466 e. The van der Waals surface area contributed by atoms with Crippen molar-refractivity contribution in [2.75, 3.05) is 25.1 Å². The standard InChI is InChI=1S/C26H36N2O5S/c1-4-33-25(32)20-19-11-12-26(34-19)21(20)24(31)28(13-7-5-6-8-14-29)22(26)23(30)27-18-15-16(2)9-10-17(18)3/h9-10,15,19-22,29H,4-8,11-14H2,1-3H3,(H,27,30)/t19-,20+,21-,22?,26?/m0/s1. The zero-order valence-corrected chi connectivity index (χ0v) is 21.2. The summed E-state index contributed by atoms with van der Waals surface area (Å²) in [6.45, 7) is 6.65. The zero-order valence-electron chi connectivity index (χ0n) is 20.3. The molecule has 2 bridgehead atoms. The Bertz CT molecular complexity index is 953. The number of esters is 1. The van der Waals surface area contributed by atoms with Crippen LogP contribution in [0, 0.1) is 25.7 Å². The van der Waals surface area contributed by atoms with Crippen molar-refractivity contribution in [3.05, 3.63) is 29.3 Å². The highest BCUT2D eigenvalue weighted by Crippen LogP contribution is 2.66. The van der Waals surface area contributed by atoms with Crippen LogP contribution in [0.15, 0.2) is 18.2 Å². The number of aryl methyl sites for hydroxylation is 2. The van der Waals surface area contributed by atoms with E-state index in [0.717, 1.165) is 55.3 Å². The van der Waals surface area contributed by atoms with E-state index in [9.17, 15) is 14.4 Å². The number of nitrogens with zero attached hydrogens (tertiary/aromatic N) is 1. The van der Waals surface area contributed by atoms with Crippen LogP contribution in [0.4, 0.5) is 5.69 Å². The van der Waals surface area contributed by atoms with Gasteiger partial charge in [0.15, 0.2) is 0 Å². The fourth-order valence-corrected chi connectivity index (χ4v) is 8.23. The van der Waals surface area contributed by atoms with Crippen LogP contribution in [0.2, 0.25) is 0 Å². The van der Waals surface area contributed by atoms with E-state index in [1.807, 2.05) is 32.0 Å². The third kappa shape index (κ3) is 4.35. The Kier molecular flexibility index (Phi) is 7.57. The Morgan fingerprint density at radius 3 is 2.74 bits per heavy atom. The molecule has 34 heavy (non-hydrogen) atoms. The maximum absolute atomic E-state index is 13.8. The van der Waals surface area contributed by atoms with E-state index in [0.29, 0.717) is 6.54 Å². The molecule has 1 aromatic rings. The number of aliphatic hydroxyl groups is 1. The smallest absolute Gasteiger partial charge is 0.310 e. The number of rotatable bonds is 10. The van der Waals surface area contributed by atoms with E-state index in [1.165, 1.54) is 0 Å². The lowest BCUT2D eigenvalue weighted by atomic mass is 9.71. The second-order valence-electron chi connectivity index (χ2n) is 9.79. The number of amides is 2. The summed E-state index contributed by atoms with van der Waals surface area (Å²) in [5.41, 5.74) is 2.79. The average molecular weight is 489 g/mol. The Hall–Kier alpha value is -2.06. The Labute approximate surface area is 206 Å². The van der Waals surface area contributed by atoms with Crippen molar-refractivity contribution in [1.82, 2.24) is 4.90 Å². The Balaban J connectivity index is 1.63. The highest BCUT2D eigenvalue weighted by atomic mass is 32.2. The first-order valence-electron chi connectivity index (χ1n) is 12.5. The van der Waals surface area contributed by atoms with E-state index in [1.54, 1.807) is 23.6 Å². The summed E-state index contributed by atoms with van der Waals surface area (Å²) in [6.07, 6.45) is 4.83. The molecule has 2 unspecified atom stereocenters. The molecule has 1 aromatic carbocycles. The average Bonchev–Trinajstić information content (AvgIpc) is 3.44. The van der Waals surface area contributed by atoms with E-state index in [4.69, 9.17) is 9.84 Å². The molecule has 1 spiro atoms. The largest absolute Gasteiger partial charge is 0.466 e. The minimum atomic E-state index is -0.614. The van der Waals surface area contributed by atoms with Crippen LogP contribution in [0.3, 0.4) is 0 Å². The van der Waals surface area contributed by atoms with Gasteiger partial charge < -0.3 is 20.1 Å². The summed E-state index contributed by atoms with van der Waals surface area (Å²) < 4.78 is 4.77. The molecule has 3 heterocycles. The van der Waals surface area contributed by atoms with Crippen LogP contribution in [0.25, 0.3) is 0 Å². The maximum Gasteiger partial charge on any atom is 0.310 e. The number of hydrogen-bond acceptors (Lipinski definition) is 6. The van der Waals surface area contributed by atoms with Gasteiger partial charge in [0.25, 0.3) is 0 Å². The van der Waals surface area contributed by atoms with Crippen LogP contribution < -0.4 is 5.32 Å². The molecule has 2 amide bonds. The third-order valence-electron chi connectivity index (χ3n) is 7.57. The van der Waals surface area contributed by atoms with Crippen molar-refractivity contribution in [3.8, 4) is 0 Å². The van der Waals surface area contributed by atoms with Gasteiger partial charge in [0.05, 0.1) is 23.2 Å². The first-order chi connectivity index (χ1) is 16.3. The number of hydrogen-bond donors (Lipinski definition) is 2. The number of fused-ring (bicyclic) bond motifs is 1. The molecule has 0 aliphatic carbocycles. The first-order valence-corrected chi connectivity index (χ1v) is 13.4. The first kappa shape index (κ1) is 25.0. The molecule has 3 saturated heterocycles. The normalized spacial score (nSPS) is 29.4. The minimum absolute atomic E-state index is 0.0238. The molecule has 0 radical (unpaired) electrons. The molecule has 7 nitrogen and oxygen atoms in total. The summed E-state index contributed by atoms with van der Waals surface area (Å²) in [5, 5.41) is 12.2. The number of ether oxygens (including phenoxy) is 1. The predicted molar refractivity (Wildman–Crippen MR) is 133 cm³/mol. The maximum atomic E-state index is 13.8. The molecule has 0 aromatic heterocycles. The summed E-state index contributed by atoms with van der Waals surface area (Å²) in [6, 6.07) is 5.34. The summed E-state index contributed by atoms with van der Waals surface area (Å²) in [4.78, 5) is 42.2. The number of likely N-dealkylation sites (tertiary alicyclic amines) is 1. The number of thioether (sulfide) groups is 1. The lowest BCUT2D eigenvalue weighted by molar-refractivity contribution is -0.153. The van der Waals surface area contributed by atoms with E-state index < -0.39 is 22.6 Å². The van der Waals surface area contributed by atoms with Gasteiger partial charge in [-0.05, 0) is 63.6 Å². The van der Waals surface area contributed by atoms with E-state index in [-0.39, 0.29) is 36.2 Å². The second-order valence-corrected chi connectivity index (χ2v) is 11.4. The molecule has 4 rings (SSSR count). The van der Waals surface area contributed by atoms with Crippen molar-refractivity contribution in [1.29, 1.82) is 0 Å². The van der Waals surface area contributed by atoms with Crippen LogP contribution in [-0.4, -0.2) is 63.6 Å². The van der Waals surface area contributed by atoms with Gasteiger partial charge in [-0.1, -0.05) is 25.0 Å². The van der Waals surface area contributed by atoms with Crippen molar-refractivity contribution in [2.24, 2.45) is 11.8 Å². The number of unbranched alkanes of at least 4 members (excludes halogenated alkanes) is 3. The Morgan fingerprint density at radius 1 is 1.24 bits per heavy atom. The van der Waals surface area contributed by atoms with Crippen molar-refractivity contribution in [2.45, 2.75) is 75.3 Å². The van der Waals surface area contributed by atoms with Gasteiger partial charge in [-0.15, -0.1) is 11.8 Å². The summed E-state index contributed by atoms with van der Waals surface area (Å²) >= 11 is 1.66. The number of aliphatic hydroxyl groups excluding tert-OH is 1. The number of carbonyl (C=O) groups is 3. The lowest BCUT2D eigenvalue weighted by Crippen LogP contribution is -2.51. The summed E-state index contributed by atoms with van der Waals surface area (Å²) in [7, 11) is 0. The lowest BCUT2D eigenvalue weighted by Gasteiger charge is -2.34. The molecule has 3 fully saturated rings. The number of benzene rings is 1. The quantitative estimate of drug-likeness (QED) is 0.387. The molecule has 5 atom stereocenters. The fraction of sp³-hybridized carbons (Fsp3) is 0.654. The number of nitrogens with one attached hydrogen (secondary N) is 1. The molecular formula is C26H36N2O5S. The monoisotopic (exact) mass is 488 g/mol. The van der Waals surface area contributed by atoms with Crippen LogP contribution in [-0.2, 0) is 19.1 Å². The molecule has 3 aliphatic heterocycles. The highest BCUT2D eigenvalue weighted by Gasteiger charge is 2.73. The van der Waals surface area contributed by atoms with Crippen molar-refractivity contribution >= 4 is 35.2 Å². The summed E-state index contributed by atoms with van der Waals surface area (Å²) in [5.74, 6) is -1.56. The van der Waals surface area contributed by atoms with Crippen LogP contribution in [0.1, 0.15) is 56.6 Å². The molecular weight excluding hydrogens is 452 g/mol. The van der Waals surface area contributed by atoms with Crippen molar-refractivity contribution in [3.63, 3.8) is 0 Å². The van der Waals surface area contributed by atoms with Gasteiger partial charge in [-0.2, -0.15) is 0 Å². The topological polar surface area (TPSA) is 95.9 Å². The van der Waals surface area contributed by atoms with E-state index in [2.05, 4.69) is 5.32 Å². The SMILES string of the molecule is CCOC(=O)[C@@H]1[C@@H]2CCC3(S2)C(C(=O)Nc2cc(C)ccc2C)N(CCCCCCO)C(=O)[C@H]13. The Morgan fingerprint density at radius 2 is 2.00 bits per heavy atom. The molecule has 8 heteroatoms. The van der Waals surface area contributed by atoms with Crippen LogP contribution in [0.5, 0.6) is 0 Å². The number of carbonyl (C=O) groups excluding carboxylic acids is 3. The number of anilines is 1. The predicted octanol–water partition coefficient (Wildman–Crippen LogP) is 3.45. The van der Waals surface area contributed by atoms with Gasteiger partial charge in [0, 0.05) is 24.1 Å². The van der Waals surface area contributed by atoms with Crippen LogP contribution >= 0.6 is 11.8 Å². The van der Waals surface area contributed by atoms with Gasteiger partial charge in [0.2, 0.25) is 11.8 Å². The zero-order chi connectivity index (χ0) is 24.5. The van der Waals surface area contributed by atoms with E-state index >= 15 is 0 Å². The van der Waals surface area contributed by atoms with Gasteiger partial charge >= 0.3 is 5.97 Å².